The maximum absolute atomic E-state index is 13.1. The van der Waals surface area contributed by atoms with Crippen molar-refractivity contribution in [2.75, 3.05) is 44.1 Å². The van der Waals surface area contributed by atoms with E-state index < -0.39 is 0 Å². The first kappa shape index (κ1) is 24.4. The van der Waals surface area contributed by atoms with E-state index in [4.69, 9.17) is 14.1 Å². The largest absolute Gasteiger partial charge is 0.442 e. The number of carbonyl (C=O) groups excluding carboxylic acids is 2. The van der Waals surface area contributed by atoms with Crippen LogP contribution in [0.5, 0.6) is 0 Å². The Morgan fingerprint density at radius 2 is 2.10 bits per heavy atom. The minimum Gasteiger partial charge on any atom is -0.442 e. The fraction of sp³-hybridized carbons (Fsp3) is 0.286. The Bertz CT molecular complexity index is 1650. The van der Waals surface area contributed by atoms with E-state index in [1.54, 1.807) is 17.4 Å². The van der Waals surface area contributed by atoms with Crippen molar-refractivity contribution in [2.45, 2.75) is 19.3 Å². The molecular formula is C28H27N8O4+. The van der Waals surface area contributed by atoms with Crippen LogP contribution in [0.15, 0.2) is 51.0 Å². The maximum atomic E-state index is 13.1. The van der Waals surface area contributed by atoms with Gasteiger partial charge in [-0.1, -0.05) is 0 Å². The highest BCUT2D eigenvalue weighted by atomic mass is 16.5. The molecule has 12 heteroatoms. The van der Waals surface area contributed by atoms with Gasteiger partial charge in [0.2, 0.25) is 5.71 Å². The number of benzene rings is 1. The van der Waals surface area contributed by atoms with Gasteiger partial charge in [0, 0.05) is 25.2 Å². The topological polar surface area (TPSA) is 128 Å². The first-order valence-corrected chi connectivity index (χ1v) is 13.0. The van der Waals surface area contributed by atoms with Crippen molar-refractivity contribution >= 4 is 58.7 Å². The van der Waals surface area contributed by atoms with Crippen LogP contribution in [0.1, 0.15) is 27.2 Å². The molecule has 4 aliphatic heterocycles. The molecule has 7 rings (SSSR count). The summed E-state index contributed by atoms with van der Waals surface area (Å²) in [5, 5.41) is 6.34. The van der Waals surface area contributed by atoms with Gasteiger partial charge in [0.15, 0.2) is 0 Å². The second-order valence-corrected chi connectivity index (χ2v) is 10.2. The zero-order valence-corrected chi connectivity index (χ0v) is 22.0. The number of aliphatic imine (C=N–C) groups is 2. The minimum atomic E-state index is -0.255. The number of hydrogen-bond acceptors (Lipinski definition) is 9. The third-order valence-electron chi connectivity index (χ3n) is 7.28. The molecule has 2 N–H and O–H groups in total. The van der Waals surface area contributed by atoms with E-state index in [0.717, 1.165) is 33.9 Å². The van der Waals surface area contributed by atoms with E-state index in [9.17, 15) is 9.59 Å². The molecule has 1 aromatic carbocycles. The number of amides is 2. The lowest BCUT2D eigenvalue weighted by molar-refractivity contribution is -0.455. The minimum absolute atomic E-state index is 0.0611. The monoisotopic (exact) mass is 539 g/mol. The number of furan rings is 1. The molecule has 4 aliphatic rings. The average molecular weight is 540 g/mol. The lowest BCUT2D eigenvalue weighted by atomic mass is 9.97. The van der Waals surface area contributed by atoms with E-state index in [0.29, 0.717) is 49.2 Å². The Kier molecular flexibility index (Phi) is 5.79. The first-order chi connectivity index (χ1) is 19.5. The summed E-state index contributed by atoms with van der Waals surface area (Å²) >= 11 is 0. The van der Waals surface area contributed by atoms with Crippen molar-refractivity contribution in [1.29, 1.82) is 0 Å². The van der Waals surface area contributed by atoms with Gasteiger partial charge in [0.1, 0.15) is 31.1 Å². The zero-order valence-electron chi connectivity index (χ0n) is 22.0. The standard InChI is InChI=1S/C28H26N8O4/c1-34(2)14-19-20(35-8-10-39-15-25(35)37)5-6-23(33-19)32-18-4-3-16(17-11-30-27(38)26(17)18)22-12-29-24-13-31-28-21(36(22)24)7-9-40-28/h3-7,9,12-13,24H,8,10-11,14-15H2,1-2H3,(H,30,38)/p+1. The quantitative estimate of drug-likeness (QED) is 0.461. The molecule has 1 unspecified atom stereocenters. The number of hydrogen-bond donors (Lipinski definition) is 2. The van der Waals surface area contributed by atoms with Gasteiger partial charge in [-0.15, -0.1) is 0 Å². The van der Waals surface area contributed by atoms with Crippen molar-refractivity contribution in [3.8, 4) is 0 Å². The van der Waals surface area contributed by atoms with Crippen molar-refractivity contribution in [3.63, 3.8) is 0 Å². The van der Waals surface area contributed by atoms with Gasteiger partial charge in [0.05, 0.1) is 40.9 Å². The van der Waals surface area contributed by atoms with Gasteiger partial charge in [-0.3, -0.25) is 9.59 Å². The molecule has 3 aromatic rings. The molecule has 1 atom stereocenters. The normalized spacial score (nSPS) is 19.3. The Morgan fingerprint density at radius 1 is 1.20 bits per heavy atom. The fourth-order valence-corrected chi connectivity index (χ4v) is 5.53. The van der Waals surface area contributed by atoms with Crippen LogP contribution in [-0.4, -0.2) is 84.4 Å². The van der Waals surface area contributed by atoms with Gasteiger partial charge in [0.25, 0.3) is 29.6 Å². The number of pyridine rings is 1. The number of nitrogens with zero attached hydrogens (tertiary/aromatic N) is 6. The predicted octanol–water partition coefficient (Wildman–Crippen LogP) is 2.35. The van der Waals surface area contributed by atoms with Crippen molar-refractivity contribution in [1.82, 2.24) is 15.2 Å². The summed E-state index contributed by atoms with van der Waals surface area (Å²) in [6.07, 6.45) is 4.93. The summed E-state index contributed by atoms with van der Waals surface area (Å²) in [6.45, 7) is 1.97. The van der Waals surface area contributed by atoms with Gasteiger partial charge < -0.3 is 29.6 Å². The molecule has 0 aliphatic carbocycles. The van der Waals surface area contributed by atoms with Crippen LogP contribution >= 0.6 is 0 Å². The van der Waals surface area contributed by atoms with E-state index in [1.165, 1.54) is 0 Å². The summed E-state index contributed by atoms with van der Waals surface area (Å²) in [5.41, 5.74) is 6.26. The molecule has 6 heterocycles. The van der Waals surface area contributed by atoms with E-state index in [2.05, 4.69) is 25.2 Å². The molecule has 40 heavy (non-hydrogen) atoms. The molecule has 1 saturated heterocycles. The smallest absolute Gasteiger partial charge is 0.293 e. The highest BCUT2D eigenvalue weighted by Gasteiger charge is 2.39. The lowest BCUT2D eigenvalue weighted by Crippen LogP contribution is -2.42. The number of fused-ring (bicyclic) bond motifs is 4. The van der Waals surface area contributed by atoms with Gasteiger partial charge in [-0.25, -0.2) is 15.0 Å². The van der Waals surface area contributed by atoms with Crippen LogP contribution in [0.25, 0.3) is 0 Å². The predicted molar refractivity (Wildman–Crippen MR) is 149 cm³/mol. The summed E-state index contributed by atoms with van der Waals surface area (Å²) < 4.78 is 12.9. The number of morpholine rings is 1. The van der Waals surface area contributed by atoms with Crippen LogP contribution in [0.3, 0.4) is 0 Å². The van der Waals surface area contributed by atoms with Crippen LogP contribution in [0.4, 0.5) is 28.8 Å². The van der Waals surface area contributed by atoms with Crippen molar-refractivity contribution in [3.05, 3.63) is 59.0 Å². The molecule has 0 saturated carbocycles. The summed E-state index contributed by atoms with van der Waals surface area (Å²) in [5.74, 6) is 0.878. The van der Waals surface area contributed by atoms with Crippen molar-refractivity contribution < 1.29 is 23.3 Å². The summed E-state index contributed by atoms with van der Waals surface area (Å²) in [4.78, 5) is 43.2. The van der Waals surface area contributed by atoms with Crippen LogP contribution in [-0.2, 0) is 22.6 Å². The van der Waals surface area contributed by atoms with Crippen LogP contribution in [0, 0.1) is 0 Å². The zero-order chi connectivity index (χ0) is 27.4. The number of rotatable bonds is 6. The molecule has 12 nitrogen and oxygen atoms in total. The maximum Gasteiger partial charge on any atom is 0.293 e. The van der Waals surface area contributed by atoms with E-state index in [1.807, 2.05) is 55.5 Å². The molecule has 1 fully saturated rings. The number of anilines is 3. The van der Waals surface area contributed by atoms with E-state index >= 15 is 0 Å². The van der Waals surface area contributed by atoms with Crippen LogP contribution < -0.4 is 15.5 Å². The summed E-state index contributed by atoms with van der Waals surface area (Å²) in [6, 6.07) is 9.50. The van der Waals surface area contributed by atoms with Crippen molar-refractivity contribution in [2.24, 2.45) is 9.98 Å². The van der Waals surface area contributed by atoms with E-state index in [-0.39, 0.29) is 24.6 Å². The Balaban J connectivity index is 1.26. The molecule has 2 amide bonds. The number of carbonyl (C=O) groups is 2. The lowest BCUT2D eigenvalue weighted by Gasteiger charge is -2.29. The van der Waals surface area contributed by atoms with Gasteiger partial charge in [-0.2, -0.15) is 4.58 Å². The van der Waals surface area contributed by atoms with Gasteiger partial charge in [-0.05, 0) is 38.4 Å². The fourth-order valence-electron chi connectivity index (χ4n) is 5.53. The number of nitrogens with one attached hydrogen (secondary N) is 2. The highest BCUT2D eigenvalue weighted by Crippen LogP contribution is 2.37. The molecule has 0 spiro atoms. The Hall–Kier alpha value is -4.68. The second kappa shape index (κ2) is 9.50. The Morgan fingerprint density at radius 3 is 2.95 bits per heavy atom. The SMILES string of the molecule is CN(C)Cc1nc(Nc2ccc(C3=[N+]4c5ccoc5N=CC4N=C3)c3c2C(=O)NC3)ccc1N1CCOCC1=O. The molecule has 2 aromatic heterocycles. The third kappa shape index (κ3) is 4.00. The first-order valence-electron chi connectivity index (χ1n) is 13.0. The highest BCUT2D eigenvalue weighted by molar-refractivity contribution is 6.38. The number of ether oxygens (including phenoxy) is 1. The molecule has 202 valence electrons. The average Bonchev–Trinajstić information content (AvgIpc) is 3.68. The Labute approximate surface area is 229 Å². The van der Waals surface area contributed by atoms with Crippen LogP contribution in [0.2, 0.25) is 0 Å². The molecule has 0 radical (unpaired) electrons. The van der Waals surface area contributed by atoms with Gasteiger partial charge >= 0.3 is 0 Å². The second-order valence-electron chi connectivity index (χ2n) is 10.2. The number of aromatic nitrogens is 1. The molecular weight excluding hydrogens is 512 g/mol. The summed E-state index contributed by atoms with van der Waals surface area (Å²) in [7, 11) is 3.91. The molecule has 0 bridgehead atoms. The third-order valence-corrected chi connectivity index (χ3v) is 7.28.